The Morgan fingerprint density at radius 1 is 0.955 bits per heavy atom. The number of carbonyl (C=O) groups is 1. The van der Waals surface area contributed by atoms with Crippen LogP contribution in [-0.2, 0) is 17.2 Å². The summed E-state index contributed by atoms with van der Waals surface area (Å²) in [5.74, 6) is 1.72. The van der Waals surface area contributed by atoms with Gasteiger partial charge in [0.2, 0.25) is 11.1 Å². The van der Waals surface area contributed by atoms with E-state index in [2.05, 4.69) is 10.6 Å². The van der Waals surface area contributed by atoms with Gasteiger partial charge in [0.1, 0.15) is 18.4 Å². The van der Waals surface area contributed by atoms with Crippen LogP contribution >= 0.6 is 23.4 Å². The van der Waals surface area contributed by atoms with Crippen LogP contribution < -0.4 is 15.4 Å². The van der Waals surface area contributed by atoms with E-state index in [1.54, 1.807) is 4.68 Å². The quantitative estimate of drug-likeness (QED) is 0.161. The number of ether oxygens (including phenoxy) is 1. The molecule has 0 aliphatic carbocycles. The highest BCUT2D eigenvalue weighted by molar-refractivity contribution is 7.98. The van der Waals surface area contributed by atoms with Gasteiger partial charge in [-0.25, -0.2) is 4.68 Å². The van der Waals surface area contributed by atoms with Gasteiger partial charge < -0.3 is 15.4 Å². The zero-order chi connectivity index (χ0) is 30.6. The number of thioether (sulfide) groups is 1. The summed E-state index contributed by atoms with van der Waals surface area (Å²) in [4.78, 5) is 18.8. The predicted octanol–water partition coefficient (Wildman–Crippen LogP) is 8.35. The first-order valence-electron chi connectivity index (χ1n) is 14.3. The Morgan fingerprint density at radius 3 is 2.48 bits per heavy atom. The molecule has 4 aromatic carbocycles. The molecule has 0 radical (unpaired) electrons. The van der Waals surface area contributed by atoms with Crippen molar-refractivity contribution in [3.63, 3.8) is 0 Å². The maximum atomic E-state index is 14.0. The largest absolute Gasteiger partial charge is 0.489 e. The Balaban J connectivity index is 1.31. The molecular formula is C35H32ClN5O2S. The van der Waals surface area contributed by atoms with Gasteiger partial charge in [0.25, 0.3) is 5.91 Å². The van der Waals surface area contributed by atoms with Crippen LogP contribution in [-0.4, -0.2) is 20.7 Å². The summed E-state index contributed by atoms with van der Waals surface area (Å²) in [6.07, 6.45) is 0. The van der Waals surface area contributed by atoms with Crippen LogP contribution in [0, 0.1) is 13.8 Å². The molecule has 1 aliphatic heterocycles. The van der Waals surface area contributed by atoms with Gasteiger partial charge in [0.05, 0.1) is 5.57 Å². The van der Waals surface area contributed by atoms with E-state index in [0.29, 0.717) is 39.8 Å². The SMILES string of the molecule is CC1=C(C(=O)Nc2cccc(C)c2C)C(c2ccc(OCc3ccccc3)cc2)n2nc(SCc3ccccc3Cl)nc2N1. The number of rotatable bonds is 9. The molecule has 6 rings (SSSR count). The molecule has 1 atom stereocenters. The number of allylic oxidation sites excluding steroid dienone is 1. The number of aromatic nitrogens is 3. The van der Waals surface area contributed by atoms with Crippen molar-refractivity contribution >= 4 is 40.9 Å². The van der Waals surface area contributed by atoms with Crippen molar-refractivity contribution in [3.8, 4) is 5.75 Å². The Labute approximate surface area is 266 Å². The highest BCUT2D eigenvalue weighted by Crippen LogP contribution is 2.38. The van der Waals surface area contributed by atoms with Crippen molar-refractivity contribution in [1.29, 1.82) is 0 Å². The van der Waals surface area contributed by atoms with Crippen LogP contribution in [0.25, 0.3) is 0 Å². The normalized spacial score (nSPS) is 14.1. The molecule has 1 unspecified atom stereocenters. The van der Waals surface area contributed by atoms with Gasteiger partial charge in [-0.15, -0.1) is 5.10 Å². The Bertz CT molecular complexity index is 1840. The van der Waals surface area contributed by atoms with E-state index < -0.39 is 6.04 Å². The number of halogens is 1. The van der Waals surface area contributed by atoms with Crippen molar-refractivity contribution in [2.75, 3.05) is 10.6 Å². The molecule has 1 aliphatic rings. The molecule has 0 fully saturated rings. The lowest BCUT2D eigenvalue weighted by Crippen LogP contribution is -2.31. The standard InChI is InChI=1S/C35H32ClN5O2S/c1-22-10-9-15-30(23(22)2)38-33(42)31-24(3)37-34-39-35(44-21-27-13-7-8-14-29(27)36)40-41(34)32(31)26-16-18-28(19-17-26)43-20-25-11-5-4-6-12-25/h4-19,32H,20-21H2,1-3H3,(H,38,42)(H,37,39,40). The van der Waals surface area contributed by atoms with Gasteiger partial charge in [-0.05, 0) is 72.9 Å². The number of anilines is 2. The van der Waals surface area contributed by atoms with Gasteiger partial charge in [0.15, 0.2) is 0 Å². The zero-order valence-electron chi connectivity index (χ0n) is 24.7. The van der Waals surface area contributed by atoms with Crippen molar-refractivity contribution in [2.45, 2.75) is 44.3 Å². The van der Waals surface area contributed by atoms with E-state index in [9.17, 15) is 4.79 Å². The van der Waals surface area contributed by atoms with E-state index in [0.717, 1.165) is 39.3 Å². The summed E-state index contributed by atoms with van der Waals surface area (Å²) in [7, 11) is 0. The first kappa shape index (κ1) is 29.5. The van der Waals surface area contributed by atoms with Crippen LogP contribution in [0.1, 0.15) is 40.8 Å². The Morgan fingerprint density at radius 2 is 1.70 bits per heavy atom. The van der Waals surface area contributed by atoms with E-state index in [4.69, 9.17) is 26.4 Å². The first-order chi connectivity index (χ1) is 21.4. The average molecular weight is 622 g/mol. The topological polar surface area (TPSA) is 81.1 Å². The Kier molecular flexibility index (Phi) is 8.72. The fourth-order valence-electron chi connectivity index (χ4n) is 5.12. The second-order valence-corrected chi connectivity index (χ2v) is 12.0. The fourth-order valence-corrected chi connectivity index (χ4v) is 6.23. The molecule has 1 aromatic heterocycles. The monoisotopic (exact) mass is 621 g/mol. The van der Waals surface area contributed by atoms with E-state index >= 15 is 0 Å². The van der Waals surface area contributed by atoms with Crippen LogP contribution in [0.4, 0.5) is 11.6 Å². The van der Waals surface area contributed by atoms with Gasteiger partial charge in [-0.2, -0.15) is 4.98 Å². The van der Waals surface area contributed by atoms with E-state index in [-0.39, 0.29) is 5.91 Å². The summed E-state index contributed by atoms with van der Waals surface area (Å²) in [5, 5.41) is 12.6. The second kappa shape index (κ2) is 13.0. The van der Waals surface area contributed by atoms with Crippen LogP contribution in [0.3, 0.4) is 0 Å². The molecule has 5 aromatic rings. The minimum Gasteiger partial charge on any atom is -0.489 e. The molecule has 44 heavy (non-hydrogen) atoms. The minimum absolute atomic E-state index is 0.204. The number of hydrogen-bond acceptors (Lipinski definition) is 6. The summed E-state index contributed by atoms with van der Waals surface area (Å²) in [6, 6.07) is 31.0. The zero-order valence-corrected chi connectivity index (χ0v) is 26.2. The van der Waals surface area contributed by atoms with Gasteiger partial charge in [0, 0.05) is 22.2 Å². The molecule has 0 bridgehead atoms. The molecule has 7 nitrogen and oxygen atoms in total. The summed E-state index contributed by atoms with van der Waals surface area (Å²) < 4.78 is 7.83. The van der Waals surface area contributed by atoms with Crippen molar-refractivity contribution in [2.24, 2.45) is 0 Å². The number of nitrogens with zero attached hydrogens (tertiary/aromatic N) is 3. The number of benzene rings is 4. The molecule has 2 heterocycles. The third kappa shape index (κ3) is 6.37. The molecule has 2 N–H and O–H groups in total. The number of nitrogens with one attached hydrogen (secondary N) is 2. The summed E-state index contributed by atoms with van der Waals surface area (Å²) in [5.41, 5.74) is 7.17. The van der Waals surface area contributed by atoms with Crippen molar-refractivity contribution in [3.05, 3.63) is 141 Å². The third-order valence-corrected chi connectivity index (χ3v) is 8.94. The predicted molar refractivity (Wildman–Crippen MR) is 177 cm³/mol. The van der Waals surface area contributed by atoms with Gasteiger partial charge >= 0.3 is 0 Å². The summed E-state index contributed by atoms with van der Waals surface area (Å²) in [6.45, 7) is 6.41. The molecule has 0 saturated heterocycles. The number of amides is 1. The number of aryl methyl sites for hydroxylation is 1. The molecular weight excluding hydrogens is 590 g/mol. The number of hydrogen-bond donors (Lipinski definition) is 2. The minimum atomic E-state index is -0.512. The van der Waals surface area contributed by atoms with Crippen LogP contribution in [0.15, 0.2) is 113 Å². The lowest BCUT2D eigenvalue weighted by atomic mass is 9.94. The lowest BCUT2D eigenvalue weighted by molar-refractivity contribution is -0.113. The van der Waals surface area contributed by atoms with E-state index in [1.807, 2.05) is 118 Å². The third-order valence-electron chi connectivity index (χ3n) is 7.69. The van der Waals surface area contributed by atoms with Crippen molar-refractivity contribution in [1.82, 2.24) is 14.8 Å². The van der Waals surface area contributed by atoms with Gasteiger partial charge in [-0.1, -0.05) is 96.2 Å². The van der Waals surface area contributed by atoms with Crippen LogP contribution in [0.5, 0.6) is 5.75 Å². The van der Waals surface area contributed by atoms with Crippen LogP contribution in [0.2, 0.25) is 5.02 Å². The molecule has 9 heteroatoms. The van der Waals surface area contributed by atoms with E-state index in [1.165, 1.54) is 11.8 Å². The molecule has 222 valence electrons. The smallest absolute Gasteiger partial charge is 0.255 e. The van der Waals surface area contributed by atoms with Gasteiger partial charge in [-0.3, -0.25) is 4.79 Å². The molecule has 0 spiro atoms. The molecule has 0 saturated carbocycles. The van der Waals surface area contributed by atoms with Crippen molar-refractivity contribution < 1.29 is 9.53 Å². The number of fused-ring (bicyclic) bond motifs is 1. The maximum Gasteiger partial charge on any atom is 0.255 e. The first-order valence-corrected chi connectivity index (χ1v) is 15.7. The number of carbonyl (C=O) groups excluding carboxylic acids is 1. The maximum absolute atomic E-state index is 14.0. The second-order valence-electron chi connectivity index (χ2n) is 10.7. The lowest BCUT2D eigenvalue weighted by Gasteiger charge is -2.29. The molecule has 1 amide bonds. The summed E-state index contributed by atoms with van der Waals surface area (Å²) >= 11 is 7.89. The fraction of sp³-hybridized carbons (Fsp3) is 0.171. The Hall–Kier alpha value is -4.53. The highest BCUT2D eigenvalue weighted by Gasteiger charge is 2.34. The highest BCUT2D eigenvalue weighted by atomic mass is 35.5. The average Bonchev–Trinajstić information content (AvgIpc) is 3.44.